The number of ether oxygens (including phenoxy) is 1. The van der Waals surface area contributed by atoms with Crippen molar-refractivity contribution in [3.63, 3.8) is 0 Å². The molecule has 0 bridgehead atoms. The lowest BCUT2D eigenvalue weighted by atomic mass is 10.2. The molecule has 0 aliphatic heterocycles. The number of hydrogen-bond donors (Lipinski definition) is 0. The summed E-state index contributed by atoms with van der Waals surface area (Å²) in [7, 11) is 0. The highest BCUT2D eigenvalue weighted by Crippen LogP contribution is 2.09. The molecule has 1 nitrogen and oxygen atoms in total. The summed E-state index contributed by atoms with van der Waals surface area (Å²) in [4.78, 5) is 0. The van der Waals surface area contributed by atoms with Crippen LogP contribution < -0.4 is 0 Å². The second kappa shape index (κ2) is 6.67. The fraction of sp³-hybridized carbons (Fsp3) is 0.200. The highest BCUT2D eigenvalue weighted by atomic mass is 16.5. The van der Waals surface area contributed by atoms with E-state index in [-0.39, 0.29) is 0 Å². The van der Waals surface area contributed by atoms with Crippen LogP contribution in [0.15, 0.2) is 66.5 Å². The first-order valence-electron chi connectivity index (χ1n) is 5.40. The Morgan fingerprint density at radius 3 is 2.56 bits per heavy atom. The number of rotatable bonds is 5. The summed E-state index contributed by atoms with van der Waals surface area (Å²) in [6.07, 6.45) is 5.75. The van der Waals surface area contributed by atoms with Crippen LogP contribution in [0.4, 0.5) is 0 Å². The number of benzene rings is 1. The van der Waals surface area contributed by atoms with E-state index in [9.17, 15) is 0 Å². The predicted octanol–water partition coefficient (Wildman–Crippen LogP) is 4.24. The summed E-state index contributed by atoms with van der Waals surface area (Å²) in [5.74, 6) is 0.805. The van der Waals surface area contributed by atoms with E-state index in [1.807, 2.05) is 56.3 Å². The Labute approximate surface area is 97.8 Å². The second-order valence-corrected chi connectivity index (χ2v) is 3.56. The van der Waals surface area contributed by atoms with Crippen LogP contribution >= 0.6 is 0 Å². The van der Waals surface area contributed by atoms with Gasteiger partial charge in [0.15, 0.2) is 0 Å². The van der Waals surface area contributed by atoms with Crippen molar-refractivity contribution in [2.24, 2.45) is 0 Å². The molecule has 1 aromatic rings. The first-order valence-corrected chi connectivity index (χ1v) is 5.40. The van der Waals surface area contributed by atoms with Crippen molar-refractivity contribution in [1.29, 1.82) is 0 Å². The fourth-order valence-electron chi connectivity index (χ4n) is 1.21. The predicted molar refractivity (Wildman–Crippen MR) is 68.9 cm³/mol. The minimum Gasteiger partial charge on any atom is -0.489 e. The van der Waals surface area contributed by atoms with Gasteiger partial charge in [0.1, 0.15) is 12.4 Å². The third-order valence-corrected chi connectivity index (χ3v) is 2.27. The Morgan fingerprint density at radius 1 is 1.31 bits per heavy atom. The van der Waals surface area contributed by atoms with Crippen molar-refractivity contribution in [3.05, 3.63) is 72.0 Å². The molecular weight excluding hydrogens is 196 g/mol. The molecule has 16 heavy (non-hydrogen) atoms. The Bertz CT molecular complexity index is 385. The zero-order valence-corrected chi connectivity index (χ0v) is 9.94. The van der Waals surface area contributed by atoms with E-state index in [0.717, 1.165) is 11.3 Å². The third kappa shape index (κ3) is 4.18. The molecule has 0 N–H and O–H groups in total. The van der Waals surface area contributed by atoms with Crippen molar-refractivity contribution in [2.45, 2.75) is 20.5 Å². The highest BCUT2D eigenvalue weighted by molar-refractivity contribution is 5.24. The second-order valence-electron chi connectivity index (χ2n) is 3.56. The summed E-state index contributed by atoms with van der Waals surface area (Å²) in [5, 5.41) is 0. The normalized spacial score (nSPS) is 12.4. The fourth-order valence-corrected chi connectivity index (χ4v) is 1.21. The molecular formula is C15H18O. The molecule has 1 rings (SSSR count). The molecule has 0 aromatic heterocycles. The van der Waals surface area contributed by atoms with Gasteiger partial charge in [0.05, 0.1) is 0 Å². The van der Waals surface area contributed by atoms with E-state index in [1.54, 1.807) is 6.08 Å². The van der Waals surface area contributed by atoms with Gasteiger partial charge >= 0.3 is 0 Å². The maximum Gasteiger partial charge on any atom is 0.119 e. The van der Waals surface area contributed by atoms with E-state index in [1.165, 1.54) is 5.57 Å². The van der Waals surface area contributed by atoms with Crippen molar-refractivity contribution < 1.29 is 4.74 Å². The van der Waals surface area contributed by atoms with Gasteiger partial charge < -0.3 is 4.74 Å². The van der Waals surface area contributed by atoms with Gasteiger partial charge in [-0.05, 0) is 31.6 Å². The molecule has 0 amide bonds. The van der Waals surface area contributed by atoms with Crippen molar-refractivity contribution in [3.8, 4) is 0 Å². The van der Waals surface area contributed by atoms with Crippen LogP contribution in [0, 0.1) is 0 Å². The SMILES string of the molecule is C=C/C(=C\C(C)=C/C)OCc1ccccc1. The van der Waals surface area contributed by atoms with E-state index in [2.05, 4.69) is 6.58 Å². The molecule has 0 heterocycles. The Kier molecular flexibility index (Phi) is 5.13. The summed E-state index contributed by atoms with van der Waals surface area (Å²) in [6, 6.07) is 10.1. The zero-order valence-electron chi connectivity index (χ0n) is 9.94. The standard InChI is InChI=1S/C15H18O/c1-4-13(3)11-15(5-2)16-12-14-9-7-6-8-10-14/h4-11H,2,12H2,1,3H3/b13-4-,15-11+. The van der Waals surface area contributed by atoms with Gasteiger partial charge in [-0.2, -0.15) is 0 Å². The molecule has 0 spiro atoms. The van der Waals surface area contributed by atoms with Gasteiger partial charge in [0.2, 0.25) is 0 Å². The molecule has 0 saturated heterocycles. The molecule has 0 aliphatic rings. The van der Waals surface area contributed by atoms with E-state index < -0.39 is 0 Å². The first kappa shape index (κ1) is 12.3. The molecule has 1 aromatic carbocycles. The largest absolute Gasteiger partial charge is 0.489 e. The van der Waals surface area contributed by atoms with Gasteiger partial charge in [-0.25, -0.2) is 0 Å². The van der Waals surface area contributed by atoms with Crippen molar-refractivity contribution >= 4 is 0 Å². The van der Waals surface area contributed by atoms with E-state index in [4.69, 9.17) is 4.74 Å². The molecule has 0 atom stereocenters. The lowest BCUT2D eigenvalue weighted by molar-refractivity contribution is 0.211. The van der Waals surface area contributed by atoms with E-state index in [0.29, 0.717) is 6.61 Å². The topological polar surface area (TPSA) is 9.23 Å². The average Bonchev–Trinajstić information content (AvgIpc) is 2.35. The van der Waals surface area contributed by atoms with Gasteiger partial charge in [-0.3, -0.25) is 0 Å². The van der Waals surface area contributed by atoms with Crippen LogP contribution in [0.1, 0.15) is 19.4 Å². The lowest BCUT2D eigenvalue weighted by Crippen LogP contribution is -1.91. The van der Waals surface area contributed by atoms with Crippen LogP contribution in [0.2, 0.25) is 0 Å². The summed E-state index contributed by atoms with van der Waals surface area (Å²) in [5.41, 5.74) is 2.33. The third-order valence-electron chi connectivity index (χ3n) is 2.27. The van der Waals surface area contributed by atoms with Crippen molar-refractivity contribution in [2.75, 3.05) is 0 Å². The average molecular weight is 214 g/mol. The highest BCUT2D eigenvalue weighted by Gasteiger charge is 1.95. The Balaban J connectivity index is 2.59. The Morgan fingerprint density at radius 2 is 2.00 bits per heavy atom. The van der Waals surface area contributed by atoms with Crippen molar-refractivity contribution in [1.82, 2.24) is 0 Å². The minimum absolute atomic E-state index is 0.579. The number of hydrogen-bond acceptors (Lipinski definition) is 1. The summed E-state index contributed by atoms with van der Waals surface area (Å²) < 4.78 is 5.65. The van der Waals surface area contributed by atoms with Gasteiger partial charge in [0.25, 0.3) is 0 Å². The molecule has 1 heteroatoms. The van der Waals surface area contributed by atoms with Gasteiger partial charge in [-0.1, -0.05) is 48.6 Å². The summed E-state index contributed by atoms with van der Waals surface area (Å²) in [6.45, 7) is 8.36. The zero-order chi connectivity index (χ0) is 11.8. The molecule has 0 unspecified atom stereocenters. The smallest absolute Gasteiger partial charge is 0.119 e. The molecule has 0 fully saturated rings. The van der Waals surface area contributed by atoms with Gasteiger partial charge in [-0.15, -0.1) is 0 Å². The quantitative estimate of drug-likeness (QED) is 0.526. The maximum absolute atomic E-state index is 5.65. The molecule has 0 aliphatic carbocycles. The molecule has 84 valence electrons. The van der Waals surface area contributed by atoms with Crippen LogP contribution in [0.25, 0.3) is 0 Å². The van der Waals surface area contributed by atoms with E-state index >= 15 is 0 Å². The maximum atomic E-state index is 5.65. The van der Waals surface area contributed by atoms with Gasteiger partial charge in [0, 0.05) is 0 Å². The number of allylic oxidation sites excluding steroid dienone is 4. The first-order chi connectivity index (χ1) is 7.76. The van der Waals surface area contributed by atoms with Crippen LogP contribution in [0.3, 0.4) is 0 Å². The minimum atomic E-state index is 0.579. The molecule has 0 radical (unpaired) electrons. The van der Waals surface area contributed by atoms with Crippen LogP contribution in [-0.2, 0) is 11.3 Å². The Hall–Kier alpha value is -1.76. The summed E-state index contributed by atoms with van der Waals surface area (Å²) >= 11 is 0. The lowest BCUT2D eigenvalue weighted by Gasteiger charge is -2.07. The van der Waals surface area contributed by atoms with Crippen LogP contribution in [0.5, 0.6) is 0 Å². The monoisotopic (exact) mass is 214 g/mol. The van der Waals surface area contributed by atoms with Crippen LogP contribution in [-0.4, -0.2) is 0 Å². The molecule has 0 saturated carbocycles.